The van der Waals surface area contributed by atoms with Crippen LogP contribution in [0.15, 0.2) is 53.9 Å². The van der Waals surface area contributed by atoms with Gasteiger partial charge in [0.1, 0.15) is 30.2 Å². The average molecular weight is 473 g/mol. The van der Waals surface area contributed by atoms with E-state index in [1.165, 1.54) is 4.90 Å². The normalized spacial score (nSPS) is 14.8. The zero-order chi connectivity index (χ0) is 21.2. The van der Waals surface area contributed by atoms with E-state index < -0.39 is 0 Å². The standard InChI is InChI=1S/C23H19Cl2N3O2S/c24-16-10-17(25)12-18(11-16)30-22-21-19(15-4-2-1-3-5-15)14-31-23(21)27-20(26-22)13-28-6-8-29-9-7-28/h1-5,10-12,14H,6-9,13H2/p+1. The first-order chi connectivity index (χ1) is 15.2. The molecule has 2 aromatic carbocycles. The minimum Gasteiger partial charge on any atom is -0.438 e. The Balaban J connectivity index is 1.60. The number of aromatic nitrogens is 2. The molecule has 0 unspecified atom stereocenters. The molecule has 3 heterocycles. The van der Waals surface area contributed by atoms with E-state index in [1.54, 1.807) is 29.5 Å². The zero-order valence-corrected chi connectivity index (χ0v) is 18.9. The number of quaternary nitrogens is 1. The lowest BCUT2D eigenvalue weighted by molar-refractivity contribution is -0.922. The Bertz CT molecular complexity index is 1190. The maximum Gasteiger partial charge on any atom is 0.232 e. The molecule has 1 saturated heterocycles. The number of benzene rings is 2. The van der Waals surface area contributed by atoms with Crippen molar-refractivity contribution >= 4 is 44.8 Å². The molecular formula is C23H20Cl2N3O2S+. The summed E-state index contributed by atoms with van der Waals surface area (Å²) in [5.74, 6) is 1.83. The first-order valence-corrected chi connectivity index (χ1v) is 11.7. The van der Waals surface area contributed by atoms with Crippen molar-refractivity contribution in [2.75, 3.05) is 26.3 Å². The molecule has 0 atom stereocenters. The SMILES string of the molecule is Clc1cc(Cl)cc(Oc2nc(C[NH+]3CCOCC3)nc3scc(-c4ccccc4)c23)c1. The van der Waals surface area contributed by atoms with Gasteiger partial charge in [-0.15, -0.1) is 11.3 Å². The maximum atomic E-state index is 6.26. The van der Waals surface area contributed by atoms with Crippen molar-refractivity contribution in [3.8, 4) is 22.8 Å². The van der Waals surface area contributed by atoms with E-state index in [0.717, 1.165) is 60.0 Å². The van der Waals surface area contributed by atoms with E-state index in [-0.39, 0.29) is 0 Å². The summed E-state index contributed by atoms with van der Waals surface area (Å²) < 4.78 is 11.7. The summed E-state index contributed by atoms with van der Waals surface area (Å²) in [5.41, 5.74) is 2.15. The average Bonchev–Trinajstić information content (AvgIpc) is 3.19. The van der Waals surface area contributed by atoms with Crippen molar-refractivity contribution in [1.29, 1.82) is 0 Å². The fraction of sp³-hybridized carbons (Fsp3) is 0.217. The molecule has 1 aliphatic rings. The van der Waals surface area contributed by atoms with Crippen LogP contribution in [0.2, 0.25) is 10.0 Å². The summed E-state index contributed by atoms with van der Waals surface area (Å²) in [4.78, 5) is 12.0. The van der Waals surface area contributed by atoms with Gasteiger partial charge in [-0.05, 0) is 23.8 Å². The number of rotatable bonds is 5. The molecule has 8 heteroatoms. The summed E-state index contributed by atoms with van der Waals surface area (Å²) in [6.45, 7) is 4.14. The van der Waals surface area contributed by atoms with Gasteiger partial charge in [0.25, 0.3) is 0 Å². The molecule has 5 rings (SSSR count). The number of morpholine rings is 1. The fourth-order valence-electron chi connectivity index (χ4n) is 3.69. The van der Waals surface area contributed by atoms with E-state index in [4.69, 9.17) is 42.6 Å². The Morgan fingerprint density at radius 3 is 2.48 bits per heavy atom. The van der Waals surface area contributed by atoms with Crippen LogP contribution in [0, 0.1) is 0 Å². The second-order valence-corrected chi connectivity index (χ2v) is 9.12. The van der Waals surface area contributed by atoms with Crippen LogP contribution in [0.1, 0.15) is 5.82 Å². The highest BCUT2D eigenvalue weighted by atomic mass is 35.5. The van der Waals surface area contributed by atoms with Gasteiger partial charge in [-0.3, -0.25) is 0 Å². The molecule has 0 saturated carbocycles. The number of fused-ring (bicyclic) bond motifs is 1. The molecule has 0 aliphatic carbocycles. The second-order valence-electron chi connectivity index (χ2n) is 7.39. The molecule has 2 aromatic heterocycles. The van der Waals surface area contributed by atoms with Crippen LogP contribution in [0.3, 0.4) is 0 Å². The summed E-state index contributed by atoms with van der Waals surface area (Å²) in [6, 6.07) is 15.4. The molecule has 0 bridgehead atoms. The molecule has 1 aliphatic heterocycles. The summed E-state index contributed by atoms with van der Waals surface area (Å²) >= 11 is 14.0. The van der Waals surface area contributed by atoms with Crippen molar-refractivity contribution in [1.82, 2.24) is 9.97 Å². The number of hydrogen-bond donors (Lipinski definition) is 1. The minimum absolute atomic E-state index is 0.513. The van der Waals surface area contributed by atoms with Gasteiger partial charge < -0.3 is 14.4 Å². The first kappa shape index (κ1) is 20.7. The van der Waals surface area contributed by atoms with Gasteiger partial charge in [-0.25, -0.2) is 4.98 Å². The van der Waals surface area contributed by atoms with Crippen LogP contribution in [0.25, 0.3) is 21.3 Å². The van der Waals surface area contributed by atoms with Crippen LogP contribution in [-0.2, 0) is 11.3 Å². The smallest absolute Gasteiger partial charge is 0.232 e. The highest BCUT2D eigenvalue weighted by Crippen LogP contribution is 2.40. The number of thiophene rings is 1. The van der Waals surface area contributed by atoms with Crippen LogP contribution in [0.4, 0.5) is 0 Å². The fourth-order valence-corrected chi connectivity index (χ4v) is 5.16. The van der Waals surface area contributed by atoms with E-state index in [9.17, 15) is 0 Å². The zero-order valence-electron chi connectivity index (χ0n) is 16.6. The van der Waals surface area contributed by atoms with Gasteiger partial charge in [0.2, 0.25) is 5.88 Å². The third kappa shape index (κ3) is 4.68. The van der Waals surface area contributed by atoms with Crippen molar-refractivity contribution in [2.24, 2.45) is 0 Å². The molecule has 0 spiro atoms. The molecule has 0 radical (unpaired) electrons. The van der Waals surface area contributed by atoms with Crippen LogP contribution < -0.4 is 9.64 Å². The lowest BCUT2D eigenvalue weighted by atomic mass is 10.1. The molecule has 31 heavy (non-hydrogen) atoms. The minimum atomic E-state index is 0.513. The first-order valence-electron chi connectivity index (χ1n) is 10.0. The van der Waals surface area contributed by atoms with Gasteiger partial charge in [0, 0.05) is 21.0 Å². The van der Waals surface area contributed by atoms with Gasteiger partial charge >= 0.3 is 0 Å². The van der Waals surface area contributed by atoms with Crippen LogP contribution in [-0.4, -0.2) is 36.3 Å². The lowest BCUT2D eigenvalue weighted by Gasteiger charge is -2.23. The van der Waals surface area contributed by atoms with Gasteiger partial charge in [0.05, 0.1) is 18.6 Å². The highest BCUT2D eigenvalue weighted by Gasteiger charge is 2.21. The predicted octanol–water partition coefficient (Wildman–Crippen LogP) is 4.87. The summed E-state index contributed by atoms with van der Waals surface area (Å²) in [6.07, 6.45) is 0. The monoisotopic (exact) mass is 472 g/mol. The van der Waals surface area contributed by atoms with Crippen molar-refractivity contribution in [2.45, 2.75) is 6.54 Å². The molecule has 4 aromatic rings. The third-order valence-electron chi connectivity index (χ3n) is 5.19. The summed E-state index contributed by atoms with van der Waals surface area (Å²) in [5, 5.41) is 4.03. The third-order valence-corrected chi connectivity index (χ3v) is 6.50. The number of nitrogens with zero attached hydrogens (tertiary/aromatic N) is 2. The Morgan fingerprint density at radius 2 is 1.74 bits per heavy atom. The van der Waals surface area contributed by atoms with Crippen molar-refractivity contribution in [3.63, 3.8) is 0 Å². The Labute approximate surface area is 194 Å². The Kier molecular flexibility index (Phi) is 6.07. The number of nitrogens with one attached hydrogen (secondary N) is 1. The topological polar surface area (TPSA) is 48.7 Å². The van der Waals surface area contributed by atoms with E-state index in [1.807, 2.05) is 18.2 Å². The maximum absolute atomic E-state index is 6.26. The van der Waals surface area contributed by atoms with Gasteiger partial charge in [0.15, 0.2) is 5.82 Å². The quantitative estimate of drug-likeness (QED) is 0.449. The van der Waals surface area contributed by atoms with E-state index in [0.29, 0.717) is 21.7 Å². The van der Waals surface area contributed by atoms with Crippen molar-refractivity contribution < 1.29 is 14.4 Å². The van der Waals surface area contributed by atoms with Crippen molar-refractivity contribution in [3.05, 3.63) is 69.8 Å². The van der Waals surface area contributed by atoms with Gasteiger partial charge in [-0.2, -0.15) is 4.98 Å². The molecule has 1 N–H and O–H groups in total. The summed E-state index contributed by atoms with van der Waals surface area (Å²) in [7, 11) is 0. The van der Waals surface area contributed by atoms with Gasteiger partial charge in [-0.1, -0.05) is 53.5 Å². The van der Waals surface area contributed by atoms with Crippen LogP contribution in [0.5, 0.6) is 11.6 Å². The Morgan fingerprint density at radius 1 is 1.00 bits per heavy atom. The molecule has 0 amide bonds. The second kappa shape index (κ2) is 9.10. The Hall–Kier alpha value is -2.22. The lowest BCUT2D eigenvalue weighted by Crippen LogP contribution is -3.12. The number of halogens is 2. The number of ether oxygens (including phenoxy) is 2. The van der Waals surface area contributed by atoms with E-state index >= 15 is 0 Å². The molecule has 5 nitrogen and oxygen atoms in total. The molecule has 1 fully saturated rings. The highest BCUT2D eigenvalue weighted by molar-refractivity contribution is 7.17. The number of hydrogen-bond acceptors (Lipinski definition) is 5. The molecular weight excluding hydrogens is 453 g/mol. The predicted molar refractivity (Wildman–Crippen MR) is 125 cm³/mol. The van der Waals surface area contributed by atoms with Crippen LogP contribution >= 0.6 is 34.5 Å². The molecule has 158 valence electrons. The largest absolute Gasteiger partial charge is 0.438 e. The van der Waals surface area contributed by atoms with E-state index in [2.05, 4.69) is 17.5 Å².